The molecule has 0 aliphatic heterocycles. The van der Waals surface area contributed by atoms with Gasteiger partial charge in [-0.2, -0.15) is 0 Å². The largest absolute Gasteiger partial charge is 0.472 e. The molecule has 1 amide bonds. The smallest absolute Gasteiger partial charge is 0.463 e. The number of rotatable bonds is 49. The van der Waals surface area contributed by atoms with Crippen LogP contribution in [0.2, 0.25) is 0 Å². The summed E-state index contributed by atoms with van der Waals surface area (Å²) in [5.41, 5.74) is 0. The van der Waals surface area contributed by atoms with Crippen LogP contribution in [0.5, 0.6) is 0 Å². The number of esters is 1. The van der Waals surface area contributed by atoms with E-state index in [0.717, 1.165) is 70.6 Å². The number of unbranched alkanes of at least 4 members (excludes halogenated alkanes) is 22. The number of ether oxygens (including phenoxy) is 1. The van der Waals surface area contributed by atoms with E-state index in [4.69, 9.17) is 13.8 Å². The second kappa shape index (κ2) is 51.6. The van der Waals surface area contributed by atoms with Crippen LogP contribution < -0.4 is 5.32 Å². The van der Waals surface area contributed by atoms with Gasteiger partial charge in [0.25, 0.3) is 0 Å². The summed E-state index contributed by atoms with van der Waals surface area (Å²) >= 11 is 0. The molecule has 0 aliphatic carbocycles. The summed E-state index contributed by atoms with van der Waals surface area (Å²) in [6.07, 6.45) is 66.8. The Morgan fingerprint density at radius 2 is 0.864 bits per heavy atom. The maximum Gasteiger partial charge on any atom is 0.472 e. The highest BCUT2D eigenvalue weighted by Crippen LogP contribution is 2.42. The van der Waals surface area contributed by atoms with Crippen molar-refractivity contribution >= 4 is 19.7 Å². The number of amides is 1. The van der Waals surface area contributed by atoms with E-state index in [2.05, 4.69) is 104 Å². The normalized spacial score (nSPS) is 13.8. The van der Waals surface area contributed by atoms with Gasteiger partial charge in [-0.3, -0.25) is 18.6 Å². The molecule has 0 saturated heterocycles. The summed E-state index contributed by atoms with van der Waals surface area (Å²) in [6.45, 7) is 3.39. The van der Waals surface area contributed by atoms with Crippen molar-refractivity contribution in [3.8, 4) is 0 Å². The van der Waals surface area contributed by atoms with Crippen molar-refractivity contribution in [3.05, 3.63) is 85.1 Å². The standard InChI is InChI=1S/C56H98NO8P/c1-3-5-7-9-11-13-15-17-19-21-23-25-27-28-30-32-34-36-38-40-42-44-46-48-55(59)57-50-51-64-66(61,62)65-53-54(58)52-63-56(60)49-47-45-43-41-39-37-35-33-31-29-26-24-22-20-18-16-14-12-10-8-6-4-2/h5,7,11,13,17,19,23,25,28,30,34,36,40,42,54,58H,3-4,6,8-10,12,14-16,18,20-22,24,26-27,29,31-33,35,37-39,41,43-53H2,1-2H3,(H,57,59)(H,61,62)/b7-5-,13-11-,19-17-,25-23-,30-28-,36-34-,42-40-. The molecule has 0 saturated carbocycles. The number of hydrogen-bond donors (Lipinski definition) is 3. The molecule has 0 aromatic heterocycles. The minimum atomic E-state index is -4.44. The zero-order valence-electron chi connectivity index (χ0n) is 42.1. The number of allylic oxidation sites excluding steroid dienone is 14. The lowest BCUT2D eigenvalue weighted by atomic mass is 10.0. The summed E-state index contributed by atoms with van der Waals surface area (Å²) in [5, 5.41) is 12.7. The number of hydrogen-bond acceptors (Lipinski definition) is 7. The number of carbonyl (C=O) groups excluding carboxylic acids is 2. The number of aliphatic hydroxyl groups is 1. The van der Waals surface area contributed by atoms with Gasteiger partial charge in [-0.1, -0.05) is 234 Å². The molecule has 3 N–H and O–H groups in total. The molecule has 0 radical (unpaired) electrons. The molecule has 0 heterocycles. The van der Waals surface area contributed by atoms with Crippen LogP contribution in [0.25, 0.3) is 0 Å². The van der Waals surface area contributed by atoms with Gasteiger partial charge in [0.2, 0.25) is 5.91 Å². The Hall–Kier alpha value is -2.81. The quantitative estimate of drug-likeness (QED) is 0.0238. The number of phosphoric acid groups is 1. The minimum absolute atomic E-state index is 0.0466. The predicted molar refractivity (Wildman–Crippen MR) is 279 cm³/mol. The summed E-state index contributed by atoms with van der Waals surface area (Å²) in [6, 6.07) is 0. The first kappa shape index (κ1) is 63.2. The van der Waals surface area contributed by atoms with Gasteiger partial charge in [0, 0.05) is 19.4 Å². The van der Waals surface area contributed by atoms with Crippen LogP contribution in [0, 0.1) is 0 Å². The van der Waals surface area contributed by atoms with E-state index in [1.807, 2.05) is 0 Å². The summed E-state index contributed by atoms with van der Waals surface area (Å²) in [5.74, 6) is -0.575. The van der Waals surface area contributed by atoms with Gasteiger partial charge in [0.05, 0.1) is 13.2 Å². The van der Waals surface area contributed by atoms with Crippen LogP contribution in [-0.2, 0) is 27.9 Å². The second-order valence-electron chi connectivity index (χ2n) is 17.5. The average Bonchev–Trinajstić information content (AvgIpc) is 3.31. The van der Waals surface area contributed by atoms with Gasteiger partial charge >= 0.3 is 13.8 Å². The Kier molecular flexibility index (Phi) is 49.4. The SMILES string of the molecule is CC/C=C\C/C=C\C/C=C\C/C=C\C/C=C\C/C=C\C/C=C\CCCC(=O)NCCOP(=O)(O)OCC(O)COC(=O)CCCCCCCCCCCCCCCCCCCCCCCC. The number of carbonyl (C=O) groups is 2. The highest BCUT2D eigenvalue weighted by atomic mass is 31.2. The molecular weight excluding hydrogens is 846 g/mol. The second-order valence-corrected chi connectivity index (χ2v) is 18.9. The van der Waals surface area contributed by atoms with Gasteiger partial charge in [0.1, 0.15) is 12.7 Å². The fourth-order valence-corrected chi connectivity index (χ4v) is 7.89. The Balaban J connectivity index is 3.64. The van der Waals surface area contributed by atoms with Crippen molar-refractivity contribution in [1.82, 2.24) is 5.32 Å². The molecule has 0 aromatic carbocycles. The predicted octanol–water partition coefficient (Wildman–Crippen LogP) is 15.9. The topological polar surface area (TPSA) is 131 Å². The molecule has 380 valence electrons. The fraction of sp³-hybridized carbons (Fsp3) is 0.714. The first-order chi connectivity index (χ1) is 32.3. The van der Waals surface area contributed by atoms with Crippen LogP contribution in [0.1, 0.15) is 226 Å². The molecular formula is C56H98NO8P. The molecule has 10 heteroatoms. The molecule has 2 unspecified atom stereocenters. The lowest BCUT2D eigenvalue weighted by molar-refractivity contribution is -0.147. The molecule has 66 heavy (non-hydrogen) atoms. The molecule has 0 spiro atoms. The third-order valence-corrected chi connectivity index (χ3v) is 12.1. The van der Waals surface area contributed by atoms with Crippen LogP contribution in [0.4, 0.5) is 0 Å². The Morgan fingerprint density at radius 1 is 0.485 bits per heavy atom. The van der Waals surface area contributed by atoms with Crippen molar-refractivity contribution in [2.75, 3.05) is 26.4 Å². The molecule has 0 aromatic rings. The van der Waals surface area contributed by atoms with Crippen molar-refractivity contribution in [2.45, 2.75) is 232 Å². The Bertz CT molecular complexity index is 1350. The van der Waals surface area contributed by atoms with E-state index in [-0.39, 0.29) is 32.1 Å². The fourth-order valence-electron chi connectivity index (χ4n) is 7.14. The van der Waals surface area contributed by atoms with Gasteiger partial charge in [-0.25, -0.2) is 4.57 Å². The first-order valence-electron chi connectivity index (χ1n) is 26.6. The molecule has 0 rings (SSSR count). The van der Waals surface area contributed by atoms with E-state index in [9.17, 15) is 24.2 Å². The van der Waals surface area contributed by atoms with E-state index >= 15 is 0 Å². The summed E-state index contributed by atoms with van der Waals surface area (Å²) in [7, 11) is -4.44. The van der Waals surface area contributed by atoms with Crippen molar-refractivity contribution in [3.63, 3.8) is 0 Å². The lowest BCUT2D eigenvalue weighted by Gasteiger charge is -2.15. The number of nitrogens with one attached hydrogen (secondary N) is 1. The van der Waals surface area contributed by atoms with Gasteiger partial charge < -0.3 is 20.1 Å². The van der Waals surface area contributed by atoms with Gasteiger partial charge in [-0.05, 0) is 64.2 Å². The Labute approximate surface area is 404 Å². The molecule has 0 aliphatic rings. The van der Waals surface area contributed by atoms with Crippen LogP contribution in [0.3, 0.4) is 0 Å². The maximum absolute atomic E-state index is 12.2. The average molecular weight is 944 g/mol. The van der Waals surface area contributed by atoms with Gasteiger partial charge in [0.15, 0.2) is 0 Å². The number of phosphoric ester groups is 1. The van der Waals surface area contributed by atoms with E-state index < -0.39 is 26.5 Å². The molecule has 2 atom stereocenters. The van der Waals surface area contributed by atoms with Crippen LogP contribution in [-0.4, -0.2) is 54.3 Å². The monoisotopic (exact) mass is 944 g/mol. The van der Waals surface area contributed by atoms with E-state index in [1.165, 1.54) is 122 Å². The van der Waals surface area contributed by atoms with Crippen molar-refractivity contribution < 1.29 is 37.9 Å². The molecule has 9 nitrogen and oxygen atoms in total. The number of aliphatic hydroxyl groups excluding tert-OH is 1. The van der Waals surface area contributed by atoms with E-state index in [0.29, 0.717) is 12.8 Å². The lowest BCUT2D eigenvalue weighted by Crippen LogP contribution is -2.27. The van der Waals surface area contributed by atoms with Gasteiger partial charge in [-0.15, -0.1) is 0 Å². The third kappa shape index (κ3) is 52.2. The highest BCUT2D eigenvalue weighted by Gasteiger charge is 2.23. The van der Waals surface area contributed by atoms with Crippen molar-refractivity contribution in [2.24, 2.45) is 0 Å². The summed E-state index contributed by atoms with van der Waals surface area (Å²) in [4.78, 5) is 34.1. The van der Waals surface area contributed by atoms with Crippen LogP contribution >= 0.6 is 7.82 Å². The Morgan fingerprint density at radius 3 is 1.27 bits per heavy atom. The van der Waals surface area contributed by atoms with Crippen molar-refractivity contribution in [1.29, 1.82) is 0 Å². The minimum Gasteiger partial charge on any atom is -0.463 e. The summed E-state index contributed by atoms with van der Waals surface area (Å²) < 4.78 is 27.0. The molecule has 0 bridgehead atoms. The molecule has 0 fully saturated rings. The third-order valence-electron chi connectivity index (χ3n) is 11.1. The zero-order chi connectivity index (χ0) is 48.1. The zero-order valence-corrected chi connectivity index (χ0v) is 43.0. The van der Waals surface area contributed by atoms with E-state index in [1.54, 1.807) is 0 Å². The van der Waals surface area contributed by atoms with Crippen LogP contribution in [0.15, 0.2) is 85.1 Å². The first-order valence-corrected chi connectivity index (χ1v) is 28.1. The highest BCUT2D eigenvalue weighted by molar-refractivity contribution is 7.47. The maximum atomic E-state index is 12.2.